The van der Waals surface area contributed by atoms with Gasteiger partial charge in [0.15, 0.2) is 0 Å². The van der Waals surface area contributed by atoms with Crippen LogP contribution in [0.1, 0.15) is 12.8 Å². The van der Waals surface area contributed by atoms with E-state index in [1.807, 2.05) is 14.1 Å². The molecule has 0 aliphatic heterocycles. The highest BCUT2D eigenvalue weighted by Crippen LogP contribution is 2.19. The van der Waals surface area contributed by atoms with E-state index in [-0.39, 0.29) is 4.90 Å². The molecule has 0 heterocycles. The van der Waals surface area contributed by atoms with Crippen molar-refractivity contribution in [3.8, 4) is 0 Å². The van der Waals surface area contributed by atoms with Crippen LogP contribution in [0.5, 0.6) is 0 Å². The van der Waals surface area contributed by atoms with Crippen LogP contribution in [0.2, 0.25) is 0 Å². The number of hydrogen-bond acceptors (Lipinski definition) is 5. The lowest BCUT2D eigenvalue weighted by Gasteiger charge is -2.11. The average molecular weight is 286 g/mol. The molecule has 7 heteroatoms. The quantitative estimate of drug-likeness (QED) is 0.505. The Morgan fingerprint density at radius 1 is 1.21 bits per heavy atom. The Morgan fingerprint density at radius 3 is 2.47 bits per heavy atom. The van der Waals surface area contributed by atoms with Gasteiger partial charge in [0.1, 0.15) is 0 Å². The molecule has 0 spiro atoms. The van der Waals surface area contributed by atoms with E-state index in [2.05, 4.69) is 10.2 Å². The second kappa shape index (κ2) is 6.74. The highest BCUT2D eigenvalue weighted by atomic mass is 32.2. The predicted octanol–water partition coefficient (Wildman–Crippen LogP) is 0.670. The molecule has 0 atom stereocenters. The number of rotatable bonds is 7. The molecule has 0 aliphatic carbocycles. The van der Waals surface area contributed by atoms with Crippen LogP contribution < -0.4 is 16.2 Å². The number of unbranched alkanes of at least 4 members (excludes halogenated alkanes) is 1. The average Bonchev–Trinajstić information content (AvgIpc) is 2.26. The Bertz CT molecular complexity index is 514. The Hall–Kier alpha value is -1.31. The molecule has 1 rings (SSSR count). The third-order valence-electron chi connectivity index (χ3n) is 2.62. The van der Waals surface area contributed by atoms with Gasteiger partial charge in [-0.3, -0.25) is 0 Å². The summed E-state index contributed by atoms with van der Waals surface area (Å²) in [7, 11) is 0.342. The maximum absolute atomic E-state index is 11.3. The van der Waals surface area contributed by atoms with E-state index in [0.717, 1.165) is 25.9 Å². The van der Waals surface area contributed by atoms with Crippen LogP contribution in [0.3, 0.4) is 0 Å². The van der Waals surface area contributed by atoms with Gasteiger partial charge in [-0.05, 0) is 51.7 Å². The number of anilines is 2. The number of hydrogen-bond donors (Lipinski definition) is 3. The smallest absolute Gasteiger partial charge is 0.238 e. The molecule has 1 aromatic carbocycles. The van der Waals surface area contributed by atoms with Crippen LogP contribution in [-0.4, -0.2) is 40.5 Å². The van der Waals surface area contributed by atoms with Gasteiger partial charge in [-0.1, -0.05) is 0 Å². The second-order valence-electron chi connectivity index (χ2n) is 4.77. The molecule has 0 unspecified atom stereocenters. The van der Waals surface area contributed by atoms with Crippen LogP contribution in [0.4, 0.5) is 11.4 Å². The summed E-state index contributed by atoms with van der Waals surface area (Å²) in [6.07, 6.45) is 2.07. The molecule has 0 amide bonds. The van der Waals surface area contributed by atoms with Gasteiger partial charge in [0.05, 0.1) is 4.90 Å². The minimum Gasteiger partial charge on any atom is -0.399 e. The highest BCUT2D eigenvalue weighted by Gasteiger charge is 2.09. The fourth-order valence-corrected chi connectivity index (χ4v) is 2.27. The molecule has 0 aliphatic rings. The molecule has 5 N–H and O–H groups in total. The van der Waals surface area contributed by atoms with Crippen LogP contribution >= 0.6 is 0 Å². The highest BCUT2D eigenvalue weighted by molar-refractivity contribution is 7.89. The largest absolute Gasteiger partial charge is 0.399 e. The van der Waals surface area contributed by atoms with Gasteiger partial charge in [-0.25, -0.2) is 13.6 Å². The van der Waals surface area contributed by atoms with E-state index in [1.54, 1.807) is 6.07 Å². The standard InChI is InChI=1S/C12H22N4O2S/c1-16(2)6-4-3-5-15-11-7-10(13)8-12(9-11)19(14,17)18/h7-9,15H,3-6,13H2,1-2H3,(H2,14,17,18). The molecule has 0 saturated heterocycles. The third kappa shape index (κ3) is 5.91. The zero-order chi connectivity index (χ0) is 14.5. The van der Waals surface area contributed by atoms with Crippen molar-refractivity contribution in [3.63, 3.8) is 0 Å². The van der Waals surface area contributed by atoms with Crippen molar-refractivity contribution in [1.29, 1.82) is 0 Å². The number of nitrogens with two attached hydrogens (primary N) is 2. The summed E-state index contributed by atoms with van der Waals surface area (Å²) in [5, 5.41) is 8.24. The molecule has 19 heavy (non-hydrogen) atoms. The summed E-state index contributed by atoms with van der Waals surface area (Å²) in [6.45, 7) is 1.79. The first-order valence-corrected chi connectivity index (χ1v) is 7.65. The third-order valence-corrected chi connectivity index (χ3v) is 3.51. The first kappa shape index (κ1) is 15.7. The van der Waals surface area contributed by atoms with Gasteiger partial charge in [0.25, 0.3) is 0 Å². The SMILES string of the molecule is CN(C)CCCCNc1cc(N)cc(S(N)(=O)=O)c1. The monoisotopic (exact) mass is 286 g/mol. The van der Waals surface area contributed by atoms with Crippen LogP contribution in [0.15, 0.2) is 23.1 Å². The van der Waals surface area contributed by atoms with E-state index >= 15 is 0 Å². The van der Waals surface area contributed by atoms with Crippen LogP contribution in [0, 0.1) is 0 Å². The van der Waals surface area contributed by atoms with Crippen LogP contribution in [-0.2, 0) is 10.0 Å². The first-order chi connectivity index (χ1) is 8.79. The van der Waals surface area contributed by atoms with Crippen molar-refractivity contribution in [2.75, 3.05) is 38.2 Å². The molecule has 0 fully saturated rings. The molecule has 0 aromatic heterocycles. The van der Waals surface area contributed by atoms with Gasteiger partial charge >= 0.3 is 0 Å². The number of nitrogens with zero attached hydrogens (tertiary/aromatic N) is 1. The van der Waals surface area contributed by atoms with Gasteiger partial charge in [-0.2, -0.15) is 0 Å². The maximum Gasteiger partial charge on any atom is 0.238 e. The van der Waals surface area contributed by atoms with Crippen molar-refractivity contribution >= 4 is 21.4 Å². The molecule has 0 saturated carbocycles. The summed E-state index contributed by atoms with van der Waals surface area (Å²) in [6, 6.07) is 4.55. The molecule has 6 nitrogen and oxygen atoms in total. The van der Waals surface area contributed by atoms with Gasteiger partial charge < -0.3 is 16.0 Å². The molecule has 1 aromatic rings. The zero-order valence-corrected chi connectivity index (χ0v) is 12.2. The number of sulfonamides is 1. The van der Waals surface area contributed by atoms with E-state index in [1.165, 1.54) is 12.1 Å². The maximum atomic E-state index is 11.3. The molecular weight excluding hydrogens is 264 g/mol. The normalized spacial score (nSPS) is 11.8. The Labute approximate surface area is 114 Å². The molecule has 108 valence electrons. The van der Waals surface area contributed by atoms with E-state index in [4.69, 9.17) is 10.9 Å². The minimum absolute atomic E-state index is 0.0308. The van der Waals surface area contributed by atoms with Gasteiger partial charge in [0, 0.05) is 17.9 Å². The van der Waals surface area contributed by atoms with Crippen molar-refractivity contribution in [3.05, 3.63) is 18.2 Å². The minimum atomic E-state index is -3.72. The fraction of sp³-hybridized carbons (Fsp3) is 0.500. The van der Waals surface area contributed by atoms with E-state index in [9.17, 15) is 8.42 Å². The molecular formula is C12H22N4O2S. The lowest BCUT2D eigenvalue weighted by atomic mass is 10.2. The van der Waals surface area contributed by atoms with Crippen LogP contribution in [0.25, 0.3) is 0 Å². The Kier molecular flexibility index (Phi) is 5.59. The Balaban J connectivity index is 2.57. The first-order valence-electron chi connectivity index (χ1n) is 6.11. The summed E-state index contributed by atoms with van der Waals surface area (Å²) in [5.41, 5.74) is 6.71. The lowest BCUT2D eigenvalue weighted by molar-refractivity contribution is 0.396. The van der Waals surface area contributed by atoms with Crippen molar-refractivity contribution in [2.45, 2.75) is 17.7 Å². The summed E-state index contributed by atoms with van der Waals surface area (Å²) in [4.78, 5) is 2.16. The number of nitrogens with one attached hydrogen (secondary N) is 1. The number of primary sulfonamides is 1. The number of benzene rings is 1. The lowest BCUT2D eigenvalue weighted by Crippen LogP contribution is -2.15. The molecule has 0 radical (unpaired) electrons. The zero-order valence-electron chi connectivity index (χ0n) is 11.4. The van der Waals surface area contributed by atoms with E-state index in [0.29, 0.717) is 11.4 Å². The Morgan fingerprint density at radius 2 is 1.89 bits per heavy atom. The molecule has 0 bridgehead atoms. The predicted molar refractivity (Wildman–Crippen MR) is 78.5 cm³/mol. The summed E-state index contributed by atoms with van der Waals surface area (Å²) >= 11 is 0. The summed E-state index contributed by atoms with van der Waals surface area (Å²) in [5.74, 6) is 0. The fourth-order valence-electron chi connectivity index (χ4n) is 1.67. The van der Waals surface area contributed by atoms with Gasteiger partial charge in [0.2, 0.25) is 10.0 Å². The topological polar surface area (TPSA) is 101 Å². The number of nitrogen functional groups attached to an aromatic ring is 1. The second-order valence-corrected chi connectivity index (χ2v) is 6.33. The van der Waals surface area contributed by atoms with E-state index < -0.39 is 10.0 Å². The van der Waals surface area contributed by atoms with Crippen molar-refractivity contribution < 1.29 is 8.42 Å². The summed E-state index contributed by atoms with van der Waals surface area (Å²) < 4.78 is 22.6. The van der Waals surface area contributed by atoms with Gasteiger partial charge in [-0.15, -0.1) is 0 Å². The van der Waals surface area contributed by atoms with Crippen molar-refractivity contribution in [1.82, 2.24) is 4.90 Å². The van der Waals surface area contributed by atoms with Crippen molar-refractivity contribution in [2.24, 2.45) is 5.14 Å².